The number of hydrogen-bond donors (Lipinski definition) is 2. The van der Waals surface area contributed by atoms with E-state index < -0.39 is 0 Å². The van der Waals surface area contributed by atoms with Crippen LogP contribution in [0.4, 0.5) is 0 Å². The van der Waals surface area contributed by atoms with Crippen LogP contribution in [0.15, 0.2) is 10.9 Å². The van der Waals surface area contributed by atoms with Crippen LogP contribution in [0.1, 0.15) is 66.4 Å². The Morgan fingerprint density at radius 3 is 2.85 bits per heavy atom. The minimum atomic E-state index is -0.135. The van der Waals surface area contributed by atoms with Gasteiger partial charge in [0.1, 0.15) is 11.5 Å². The van der Waals surface area contributed by atoms with Gasteiger partial charge in [-0.2, -0.15) is 10.2 Å². The molecule has 3 heterocycles. The van der Waals surface area contributed by atoms with E-state index in [2.05, 4.69) is 20.6 Å². The summed E-state index contributed by atoms with van der Waals surface area (Å²) in [7, 11) is 0. The zero-order chi connectivity index (χ0) is 17.7. The highest BCUT2D eigenvalue weighted by Gasteiger charge is 2.28. The third-order valence-electron chi connectivity index (χ3n) is 5.73. The molecule has 2 fully saturated rings. The molecule has 0 bridgehead atoms. The molecule has 2 saturated carbocycles. The lowest BCUT2D eigenvalue weighted by Crippen LogP contribution is -2.36. The van der Waals surface area contributed by atoms with Crippen molar-refractivity contribution >= 4 is 5.91 Å². The lowest BCUT2D eigenvalue weighted by Gasteiger charge is -2.15. The number of H-pyrrole nitrogens is 1. The van der Waals surface area contributed by atoms with E-state index >= 15 is 0 Å². The van der Waals surface area contributed by atoms with Crippen molar-refractivity contribution in [3.8, 4) is 0 Å². The van der Waals surface area contributed by atoms with E-state index in [1.807, 2.05) is 6.07 Å². The molecule has 0 spiro atoms. The number of carbonyl (C=O) groups excluding carboxylic acids is 1. The molecule has 1 amide bonds. The zero-order valence-corrected chi connectivity index (χ0v) is 14.8. The van der Waals surface area contributed by atoms with Gasteiger partial charge in [0.25, 0.3) is 5.91 Å². The molecular formula is C18H24N6O2. The van der Waals surface area contributed by atoms with Gasteiger partial charge in [-0.1, -0.05) is 0 Å². The van der Waals surface area contributed by atoms with Crippen LogP contribution < -0.4 is 11.0 Å². The summed E-state index contributed by atoms with van der Waals surface area (Å²) in [6, 6.07) is 1.91. The van der Waals surface area contributed by atoms with E-state index in [4.69, 9.17) is 0 Å². The Morgan fingerprint density at radius 2 is 2.08 bits per heavy atom. The Morgan fingerprint density at radius 1 is 1.23 bits per heavy atom. The van der Waals surface area contributed by atoms with Gasteiger partial charge in [0.15, 0.2) is 0 Å². The molecule has 3 aliphatic rings. The Labute approximate surface area is 151 Å². The summed E-state index contributed by atoms with van der Waals surface area (Å²) in [6.45, 7) is 1.36. The normalized spacial score (nSPS) is 22.7. The molecule has 138 valence electrons. The zero-order valence-electron chi connectivity index (χ0n) is 14.8. The van der Waals surface area contributed by atoms with Crippen LogP contribution in [0, 0.1) is 5.92 Å². The molecule has 8 nitrogen and oxygen atoms in total. The summed E-state index contributed by atoms with van der Waals surface area (Å²) in [5, 5.41) is 14.7. The second kappa shape index (κ2) is 6.10. The van der Waals surface area contributed by atoms with E-state index in [-0.39, 0.29) is 17.6 Å². The third-order valence-corrected chi connectivity index (χ3v) is 5.73. The van der Waals surface area contributed by atoms with Gasteiger partial charge in [0.2, 0.25) is 0 Å². The predicted molar refractivity (Wildman–Crippen MR) is 94.0 cm³/mol. The number of carbonyl (C=O) groups is 1. The first-order valence-electron chi connectivity index (χ1n) is 9.70. The Kier molecular flexibility index (Phi) is 3.72. The van der Waals surface area contributed by atoms with Crippen molar-refractivity contribution in [3.63, 3.8) is 0 Å². The average Bonchev–Trinajstić information content (AvgIpc) is 3.55. The first-order chi connectivity index (χ1) is 12.7. The van der Waals surface area contributed by atoms with Crippen LogP contribution in [0.5, 0.6) is 0 Å². The largest absolute Gasteiger partial charge is 0.348 e. The maximum absolute atomic E-state index is 12.5. The minimum Gasteiger partial charge on any atom is -0.348 e. The topological polar surface area (TPSA) is 97.6 Å². The van der Waals surface area contributed by atoms with Crippen molar-refractivity contribution in [3.05, 3.63) is 33.8 Å². The maximum Gasteiger partial charge on any atom is 0.345 e. The van der Waals surface area contributed by atoms with E-state index in [0.29, 0.717) is 30.5 Å². The number of nitrogens with zero attached hydrogens (tertiary/aromatic N) is 4. The fraction of sp³-hybridized carbons (Fsp3) is 0.667. The second-order valence-electron chi connectivity index (χ2n) is 7.96. The molecule has 0 aromatic carbocycles. The molecule has 1 atom stereocenters. The summed E-state index contributed by atoms with van der Waals surface area (Å²) in [5.41, 5.74) is 1.52. The van der Waals surface area contributed by atoms with Crippen LogP contribution in [-0.2, 0) is 19.5 Å². The summed E-state index contributed by atoms with van der Waals surface area (Å²) < 4.78 is 3.42. The standard InChI is InChI=1S/C18H24N6O2/c25-17(15-9-14(20-21-15)12-3-4-12)19-13-5-6-16-22-24(10-11-1-2-11)18(26)23(16)8-7-13/h9,11-13H,1-8,10H2,(H,19,25)(H,20,21). The van der Waals surface area contributed by atoms with Crippen molar-refractivity contribution in [2.24, 2.45) is 5.92 Å². The minimum absolute atomic E-state index is 0.000234. The Bertz CT molecular complexity index is 886. The van der Waals surface area contributed by atoms with Gasteiger partial charge in [-0.25, -0.2) is 9.48 Å². The monoisotopic (exact) mass is 356 g/mol. The first-order valence-corrected chi connectivity index (χ1v) is 9.70. The van der Waals surface area contributed by atoms with Crippen LogP contribution in [0.25, 0.3) is 0 Å². The SMILES string of the molecule is O=C(NC1CCc2nn(CC3CC3)c(=O)n2CC1)c1cc(C2CC2)[nH]n1. The number of fused-ring (bicyclic) bond motifs is 1. The molecule has 1 unspecified atom stereocenters. The van der Waals surface area contributed by atoms with Crippen molar-refractivity contribution < 1.29 is 4.79 Å². The molecule has 2 aromatic heterocycles. The van der Waals surface area contributed by atoms with Gasteiger partial charge in [-0.15, -0.1) is 0 Å². The molecule has 26 heavy (non-hydrogen) atoms. The quantitative estimate of drug-likeness (QED) is 0.841. The molecule has 5 rings (SSSR count). The van der Waals surface area contributed by atoms with Gasteiger partial charge >= 0.3 is 5.69 Å². The highest BCUT2D eigenvalue weighted by atomic mass is 16.2. The van der Waals surface area contributed by atoms with Crippen LogP contribution in [0.2, 0.25) is 0 Å². The fourth-order valence-electron chi connectivity index (χ4n) is 3.75. The number of rotatable bonds is 5. The molecule has 1 aliphatic heterocycles. The van der Waals surface area contributed by atoms with Crippen molar-refractivity contribution in [2.45, 2.75) is 70.0 Å². The summed E-state index contributed by atoms with van der Waals surface area (Å²) in [6.07, 6.45) is 7.02. The highest BCUT2D eigenvalue weighted by Crippen LogP contribution is 2.39. The predicted octanol–water partition coefficient (Wildman–Crippen LogP) is 1.19. The second-order valence-corrected chi connectivity index (χ2v) is 7.96. The number of aromatic amines is 1. The van der Waals surface area contributed by atoms with Crippen molar-refractivity contribution in [1.29, 1.82) is 0 Å². The molecule has 2 aliphatic carbocycles. The maximum atomic E-state index is 12.5. The van der Waals surface area contributed by atoms with Gasteiger partial charge in [0, 0.05) is 37.2 Å². The number of aryl methyl sites for hydroxylation is 1. The van der Waals surface area contributed by atoms with E-state index in [1.54, 1.807) is 9.25 Å². The summed E-state index contributed by atoms with van der Waals surface area (Å²) >= 11 is 0. The first kappa shape index (κ1) is 15.8. The van der Waals surface area contributed by atoms with E-state index in [0.717, 1.165) is 30.9 Å². The molecule has 0 radical (unpaired) electrons. The lowest BCUT2D eigenvalue weighted by atomic mass is 10.1. The van der Waals surface area contributed by atoms with E-state index in [1.165, 1.54) is 25.7 Å². The fourth-order valence-corrected chi connectivity index (χ4v) is 3.75. The molecule has 0 saturated heterocycles. The molecule has 8 heteroatoms. The third kappa shape index (κ3) is 3.08. The number of amides is 1. The Balaban J connectivity index is 1.23. The van der Waals surface area contributed by atoms with Crippen LogP contribution in [0.3, 0.4) is 0 Å². The lowest BCUT2D eigenvalue weighted by molar-refractivity contribution is 0.0927. The average molecular weight is 356 g/mol. The molecule has 2 aromatic rings. The Hall–Kier alpha value is -2.38. The van der Waals surface area contributed by atoms with Gasteiger partial charge in [-0.3, -0.25) is 14.5 Å². The smallest absolute Gasteiger partial charge is 0.345 e. The molecule has 2 N–H and O–H groups in total. The van der Waals surface area contributed by atoms with Crippen LogP contribution >= 0.6 is 0 Å². The van der Waals surface area contributed by atoms with Crippen molar-refractivity contribution in [2.75, 3.05) is 0 Å². The van der Waals surface area contributed by atoms with Gasteiger partial charge in [-0.05, 0) is 50.5 Å². The summed E-state index contributed by atoms with van der Waals surface area (Å²) in [4.78, 5) is 25.0. The number of nitrogens with one attached hydrogen (secondary N) is 2. The number of hydrogen-bond acceptors (Lipinski definition) is 4. The van der Waals surface area contributed by atoms with Crippen LogP contribution in [-0.4, -0.2) is 36.5 Å². The van der Waals surface area contributed by atoms with E-state index in [9.17, 15) is 9.59 Å². The van der Waals surface area contributed by atoms with Gasteiger partial charge < -0.3 is 5.32 Å². The highest BCUT2D eigenvalue weighted by molar-refractivity contribution is 5.92. The number of aromatic nitrogens is 5. The molecular weight excluding hydrogens is 332 g/mol. The van der Waals surface area contributed by atoms with Gasteiger partial charge in [0.05, 0.1) is 0 Å². The van der Waals surface area contributed by atoms with Crippen molar-refractivity contribution in [1.82, 2.24) is 29.9 Å². The summed E-state index contributed by atoms with van der Waals surface area (Å²) in [5.74, 6) is 1.90.